The van der Waals surface area contributed by atoms with Gasteiger partial charge in [-0.15, -0.1) is 11.8 Å². The minimum Gasteiger partial charge on any atom is -0.326 e. The van der Waals surface area contributed by atoms with E-state index < -0.39 is 0 Å². The third kappa shape index (κ3) is 5.74. The number of carbonyl (C=O) groups is 1. The monoisotopic (exact) mass is 369 g/mol. The number of carbonyl (C=O) groups excluding carboxylic acids is 1. The third-order valence-electron chi connectivity index (χ3n) is 3.33. The van der Waals surface area contributed by atoms with Gasteiger partial charge in [-0.3, -0.25) is 4.79 Å². The molecule has 2 N–H and O–H groups in total. The van der Waals surface area contributed by atoms with E-state index in [2.05, 4.69) is 35.8 Å². The van der Waals surface area contributed by atoms with Gasteiger partial charge >= 0.3 is 0 Å². The lowest BCUT2D eigenvalue weighted by molar-refractivity contribution is -0.885. The summed E-state index contributed by atoms with van der Waals surface area (Å²) in [6.45, 7) is 1.15. The molecule has 0 aromatic heterocycles. The molecule has 1 amide bonds. The highest BCUT2D eigenvalue weighted by Crippen LogP contribution is 2.25. The van der Waals surface area contributed by atoms with Crippen molar-refractivity contribution in [3.8, 4) is 0 Å². The van der Waals surface area contributed by atoms with E-state index in [1.165, 1.54) is 10.5 Å². The van der Waals surface area contributed by atoms with Crippen LogP contribution in [0.25, 0.3) is 0 Å². The van der Waals surface area contributed by atoms with Crippen LogP contribution in [0.15, 0.2) is 47.4 Å². The van der Waals surface area contributed by atoms with E-state index in [1.807, 2.05) is 7.05 Å². The zero-order chi connectivity index (χ0) is 16.8. The molecule has 3 nitrogen and oxygen atoms in total. The molecule has 23 heavy (non-hydrogen) atoms. The van der Waals surface area contributed by atoms with Gasteiger partial charge < -0.3 is 10.2 Å². The minimum atomic E-state index is -0.0764. The van der Waals surface area contributed by atoms with Gasteiger partial charge in [0.2, 0.25) is 0 Å². The second-order valence-corrected chi connectivity index (χ2v) is 7.05. The molecule has 1 unspecified atom stereocenters. The smallest absolute Gasteiger partial charge is 0.279 e. The van der Waals surface area contributed by atoms with Gasteiger partial charge in [0, 0.05) is 15.5 Å². The van der Waals surface area contributed by atoms with Crippen molar-refractivity contribution >= 4 is 46.6 Å². The number of amides is 1. The van der Waals surface area contributed by atoms with Gasteiger partial charge in [0.15, 0.2) is 6.54 Å². The van der Waals surface area contributed by atoms with Crippen molar-refractivity contribution in [1.82, 2.24) is 0 Å². The molecule has 6 heteroatoms. The van der Waals surface area contributed by atoms with Crippen LogP contribution >= 0.6 is 35.0 Å². The first-order chi connectivity index (χ1) is 11.0. The Hall–Kier alpha value is -1.20. The number of rotatable bonds is 6. The fourth-order valence-corrected chi connectivity index (χ4v) is 3.08. The number of likely N-dealkylation sites (N-methyl/N-ethyl adjacent to an activating group) is 1. The lowest BCUT2D eigenvalue weighted by atomic mass is 10.2. The first-order valence-corrected chi connectivity index (χ1v) is 9.15. The minimum absolute atomic E-state index is 0.0764. The fraction of sp³-hybridized carbons (Fsp3) is 0.235. The molecule has 0 radical (unpaired) electrons. The van der Waals surface area contributed by atoms with Crippen molar-refractivity contribution < 1.29 is 9.69 Å². The average molecular weight is 370 g/mol. The first-order valence-electron chi connectivity index (χ1n) is 7.17. The Balaban J connectivity index is 1.88. The molecular weight excluding hydrogens is 351 g/mol. The van der Waals surface area contributed by atoms with Crippen molar-refractivity contribution in [2.45, 2.75) is 11.4 Å². The Kier molecular flexibility index (Phi) is 6.78. The number of benzene rings is 2. The Labute approximate surface area is 151 Å². The largest absolute Gasteiger partial charge is 0.326 e. The van der Waals surface area contributed by atoms with Gasteiger partial charge in [0.05, 0.1) is 17.8 Å². The highest BCUT2D eigenvalue weighted by Gasteiger charge is 2.12. The van der Waals surface area contributed by atoms with Crippen LogP contribution in [0.4, 0.5) is 5.69 Å². The van der Waals surface area contributed by atoms with E-state index in [1.54, 1.807) is 30.0 Å². The lowest BCUT2D eigenvalue weighted by Crippen LogP contribution is -3.08. The number of thioether (sulfide) groups is 1. The van der Waals surface area contributed by atoms with Crippen LogP contribution in [-0.2, 0) is 11.3 Å². The molecule has 0 saturated carbocycles. The van der Waals surface area contributed by atoms with E-state index in [4.69, 9.17) is 23.2 Å². The maximum atomic E-state index is 12.1. The predicted octanol–water partition coefficient (Wildman–Crippen LogP) is 3.37. The molecule has 2 aromatic carbocycles. The summed E-state index contributed by atoms with van der Waals surface area (Å²) in [7, 11) is 1.99. The van der Waals surface area contributed by atoms with E-state index in [0.29, 0.717) is 22.3 Å². The number of hydrogen-bond donors (Lipinski definition) is 2. The van der Waals surface area contributed by atoms with Gasteiger partial charge in [-0.2, -0.15) is 0 Å². The van der Waals surface area contributed by atoms with Crippen LogP contribution in [0.2, 0.25) is 10.0 Å². The number of nitrogens with one attached hydrogen (secondary N) is 2. The molecule has 0 aliphatic carbocycles. The van der Waals surface area contributed by atoms with Crippen molar-refractivity contribution in [2.24, 2.45) is 0 Å². The molecule has 2 rings (SSSR count). The highest BCUT2D eigenvalue weighted by molar-refractivity contribution is 7.98. The van der Waals surface area contributed by atoms with Crippen LogP contribution in [-0.4, -0.2) is 25.8 Å². The molecule has 0 spiro atoms. The van der Waals surface area contributed by atoms with Gasteiger partial charge in [-0.05, 0) is 36.6 Å². The SMILES string of the molecule is CSc1ccc(C[NH+](C)CC(=O)Nc2ccc(Cl)cc2Cl)cc1. The zero-order valence-corrected chi connectivity index (χ0v) is 15.4. The molecule has 122 valence electrons. The maximum absolute atomic E-state index is 12.1. The molecule has 1 atom stereocenters. The summed E-state index contributed by atoms with van der Waals surface area (Å²) in [5.74, 6) is -0.0764. The predicted molar refractivity (Wildman–Crippen MR) is 98.8 cm³/mol. The molecule has 0 fully saturated rings. The second-order valence-electron chi connectivity index (χ2n) is 5.33. The van der Waals surface area contributed by atoms with E-state index in [0.717, 1.165) is 11.4 Å². The number of anilines is 1. The van der Waals surface area contributed by atoms with E-state index in [9.17, 15) is 4.79 Å². The number of halogens is 2. The molecule has 2 aromatic rings. The Morgan fingerprint density at radius 2 is 1.87 bits per heavy atom. The van der Waals surface area contributed by atoms with Crippen LogP contribution in [0, 0.1) is 0 Å². The van der Waals surface area contributed by atoms with Crippen molar-refractivity contribution in [1.29, 1.82) is 0 Å². The van der Waals surface area contributed by atoms with Gasteiger partial charge in [-0.25, -0.2) is 0 Å². The summed E-state index contributed by atoms with van der Waals surface area (Å²) >= 11 is 13.6. The van der Waals surface area contributed by atoms with Crippen LogP contribution < -0.4 is 10.2 Å². The summed E-state index contributed by atoms with van der Waals surface area (Å²) in [6, 6.07) is 13.4. The molecule has 0 saturated heterocycles. The van der Waals surface area contributed by atoms with Crippen LogP contribution in [0.3, 0.4) is 0 Å². The van der Waals surface area contributed by atoms with Gasteiger partial charge in [0.25, 0.3) is 5.91 Å². The standard InChI is InChI=1S/C17H18Cl2N2OS/c1-21(10-12-3-6-14(23-2)7-4-12)11-17(22)20-16-8-5-13(18)9-15(16)19/h3-9H,10-11H2,1-2H3,(H,20,22)/p+1. The third-order valence-corrected chi connectivity index (χ3v) is 4.62. The lowest BCUT2D eigenvalue weighted by Gasteiger charge is -2.14. The Morgan fingerprint density at radius 3 is 2.48 bits per heavy atom. The zero-order valence-electron chi connectivity index (χ0n) is 13.0. The molecule has 0 heterocycles. The van der Waals surface area contributed by atoms with Crippen LogP contribution in [0.1, 0.15) is 5.56 Å². The fourth-order valence-electron chi connectivity index (χ4n) is 2.21. The van der Waals surface area contributed by atoms with Gasteiger partial charge in [0.1, 0.15) is 6.54 Å². The van der Waals surface area contributed by atoms with Crippen LogP contribution in [0.5, 0.6) is 0 Å². The summed E-state index contributed by atoms with van der Waals surface area (Å²) in [5, 5.41) is 3.81. The van der Waals surface area contributed by atoms with E-state index in [-0.39, 0.29) is 5.91 Å². The van der Waals surface area contributed by atoms with E-state index >= 15 is 0 Å². The molecule has 0 bridgehead atoms. The average Bonchev–Trinajstić information content (AvgIpc) is 2.50. The highest BCUT2D eigenvalue weighted by atomic mass is 35.5. The number of quaternary nitrogens is 1. The first kappa shape index (κ1) is 18.1. The topological polar surface area (TPSA) is 33.5 Å². The van der Waals surface area contributed by atoms with Crippen molar-refractivity contribution in [3.63, 3.8) is 0 Å². The molecule has 0 aliphatic rings. The summed E-state index contributed by atoms with van der Waals surface area (Å²) in [5.41, 5.74) is 1.79. The maximum Gasteiger partial charge on any atom is 0.279 e. The Bertz CT molecular complexity index is 677. The second kappa shape index (κ2) is 8.60. The summed E-state index contributed by atoms with van der Waals surface area (Å²) in [6.07, 6.45) is 2.05. The number of hydrogen-bond acceptors (Lipinski definition) is 2. The summed E-state index contributed by atoms with van der Waals surface area (Å²) in [4.78, 5) is 14.5. The quantitative estimate of drug-likeness (QED) is 0.765. The van der Waals surface area contributed by atoms with Crippen molar-refractivity contribution in [2.75, 3.05) is 25.2 Å². The normalized spacial score (nSPS) is 12.0. The molecule has 0 aliphatic heterocycles. The molecular formula is C17H19Cl2N2OS+. The summed E-state index contributed by atoms with van der Waals surface area (Å²) < 4.78 is 0. The van der Waals surface area contributed by atoms with Gasteiger partial charge in [-0.1, -0.05) is 35.3 Å². The van der Waals surface area contributed by atoms with Crippen molar-refractivity contribution in [3.05, 3.63) is 58.1 Å². The Morgan fingerprint density at radius 1 is 1.17 bits per heavy atom.